The van der Waals surface area contributed by atoms with Crippen molar-refractivity contribution in [2.45, 2.75) is 12.8 Å². The highest BCUT2D eigenvalue weighted by molar-refractivity contribution is 6.16. The summed E-state index contributed by atoms with van der Waals surface area (Å²) in [6.07, 6.45) is 3.30. The van der Waals surface area contributed by atoms with Gasteiger partial charge in [0.2, 0.25) is 0 Å². The first-order valence-corrected chi connectivity index (χ1v) is 3.20. The van der Waals surface area contributed by atoms with Crippen LogP contribution in [0, 0.1) is 6.92 Å². The first-order valence-electron chi connectivity index (χ1n) is 2.67. The predicted octanol–water partition coefficient (Wildman–Crippen LogP) is 1.95. The molecule has 1 rings (SSSR count). The number of hydrogen-bond acceptors (Lipinski definition) is 2. The van der Waals surface area contributed by atoms with E-state index in [4.69, 9.17) is 11.6 Å². The van der Waals surface area contributed by atoms with Gasteiger partial charge in [0.15, 0.2) is 0 Å². The molecule has 0 saturated carbocycles. The predicted molar refractivity (Wildman–Crippen MR) is 43.6 cm³/mol. The molecular formula is C6H8Cl2N2. The van der Waals surface area contributed by atoms with Gasteiger partial charge in [-0.05, 0) is 6.92 Å². The Morgan fingerprint density at radius 1 is 1.40 bits per heavy atom. The minimum Gasteiger partial charge on any atom is -0.258 e. The van der Waals surface area contributed by atoms with Crippen molar-refractivity contribution in [3.63, 3.8) is 0 Å². The summed E-state index contributed by atoms with van der Waals surface area (Å²) < 4.78 is 0. The van der Waals surface area contributed by atoms with E-state index in [1.54, 1.807) is 12.4 Å². The molecule has 0 aliphatic rings. The average molecular weight is 179 g/mol. The van der Waals surface area contributed by atoms with Gasteiger partial charge in [0, 0.05) is 12.4 Å². The number of halogens is 2. The van der Waals surface area contributed by atoms with Crippen LogP contribution in [0.25, 0.3) is 0 Å². The van der Waals surface area contributed by atoms with Gasteiger partial charge in [-0.25, -0.2) is 0 Å². The van der Waals surface area contributed by atoms with Crippen molar-refractivity contribution < 1.29 is 0 Å². The summed E-state index contributed by atoms with van der Waals surface area (Å²) in [5, 5.41) is 0. The van der Waals surface area contributed by atoms with Crippen molar-refractivity contribution in [2.75, 3.05) is 0 Å². The molecule has 0 saturated heterocycles. The van der Waals surface area contributed by atoms with E-state index in [1.807, 2.05) is 6.92 Å². The van der Waals surface area contributed by atoms with Crippen LogP contribution in [0.15, 0.2) is 12.4 Å². The summed E-state index contributed by atoms with van der Waals surface area (Å²) in [5.74, 6) is 0.444. The van der Waals surface area contributed by atoms with E-state index in [0.717, 1.165) is 11.4 Å². The second kappa shape index (κ2) is 4.47. The van der Waals surface area contributed by atoms with Crippen molar-refractivity contribution in [1.82, 2.24) is 9.97 Å². The van der Waals surface area contributed by atoms with Gasteiger partial charge in [0.1, 0.15) is 0 Å². The highest BCUT2D eigenvalue weighted by Gasteiger charge is 1.94. The van der Waals surface area contributed by atoms with Crippen LogP contribution in [-0.2, 0) is 5.88 Å². The van der Waals surface area contributed by atoms with Crippen LogP contribution in [0.4, 0.5) is 0 Å². The minimum atomic E-state index is 0. The lowest BCUT2D eigenvalue weighted by Crippen LogP contribution is -1.91. The molecule has 0 atom stereocenters. The smallest absolute Gasteiger partial charge is 0.0763 e. The molecule has 0 aliphatic carbocycles. The zero-order valence-corrected chi connectivity index (χ0v) is 7.11. The third-order valence-electron chi connectivity index (χ3n) is 1.11. The van der Waals surface area contributed by atoms with E-state index in [-0.39, 0.29) is 12.4 Å². The standard InChI is InChI=1S/C6H7ClN2.ClH/c1-5-6(4-7)9-3-2-8-5;/h2-3H,4H2,1H3;1H. The van der Waals surface area contributed by atoms with E-state index in [0.29, 0.717) is 5.88 Å². The number of aromatic nitrogens is 2. The zero-order valence-electron chi connectivity index (χ0n) is 5.54. The maximum atomic E-state index is 5.53. The Labute approximate surface area is 71.1 Å². The normalized spacial score (nSPS) is 8.60. The first-order chi connectivity index (χ1) is 4.34. The number of hydrogen-bond donors (Lipinski definition) is 0. The number of nitrogens with zero attached hydrogens (tertiary/aromatic N) is 2. The van der Waals surface area contributed by atoms with Crippen molar-refractivity contribution in [2.24, 2.45) is 0 Å². The summed E-state index contributed by atoms with van der Waals surface area (Å²) in [5.41, 5.74) is 1.77. The fraction of sp³-hybridized carbons (Fsp3) is 0.333. The molecule has 0 fully saturated rings. The summed E-state index contributed by atoms with van der Waals surface area (Å²) in [6, 6.07) is 0. The lowest BCUT2D eigenvalue weighted by atomic mass is 10.4. The summed E-state index contributed by atoms with van der Waals surface area (Å²) >= 11 is 5.53. The van der Waals surface area contributed by atoms with E-state index in [1.165, 1.54) is 0 Å². The van der Waals surface area contributed by atoms with Gasteiger partial charge in [-0.15, -0.1) is 24.0 Å². The Kier molecular flexibility index (Phi) is 4.32. The molecular weight excluding hydrogens is 171 g/mol. The Balaban J connectivity index is 0.000000810. The molecule has 4 heteroatoms. The molecule has 1 aromatic rings. The molecule has 0 N–H and O–H groups in total. The van der Waals surface area contributed by atoms with Crippen LogP contribution >= 0.6 is 24.0 Å². The van der Waals surface area contributed by atoms with Gasteiger partial charge in [-0.3, -0.25) is 9.97 Å². The maximum Gasteiger partial charge on any atom is 0.0763 e. The van der Waals surface area contributed by atoms with Crippen LogP contribution < -0.4 is 0 Å². The molecule has 2 nitrogen and oxygen atoms in total. The van der Waals surface area contributed by atoms with Gasteiger partial charge in [-0.1, -0.05) is 0 Å². The molecule has 0 amide bonds. The molecule has 1 heterocycles. The van der Waals surface area contributed by atoms with Crippen LogP contribution in [0.5, 0.6) is 0 Å². The van der Waals surface area contributed by atoms with Gasteiger partial charge >= 0.3 is 0 Å². The lowest BCUT2D eigenvalue weighted by molar-refractivity contribution is 1.03. The fourth-order valence-corrected chi connectivity index (χ4v) is 0.830. The fourth-order valence-electron chi connectivity index (χ4n) is 0.568. The number of alkyl halides is 1. The Morgan fingerprint density at radius 2 is 2.00 bits per heavy atom. The molecule has 56 valence electrons. The number of rotatable bonds is 1. The second-order valence-electron chi connectivity index (χ2n) is 1.72. The second-order valence-corrected chi connectivity index (χ2v) is 1.99. The van der Waals surface area contributed by atoms with E-state index in [9.17, 15) is 0 Å². The molecule has 0 spiro atoms. The molecule has 0 aromatic carbocycles. The Hall–Kier alpha value is -0.340. The van der Waals surface area contributed by atoms with Crippen LogP contribution in [-0.4, -0.2) is 9.97 Å². The summed E-state index contributed by atoms with van der Waals surface area (Å²) in [6.45, 7) is 1.89. The average Bonchev–Trinajstić information content (AvgIpc) is 1.89. The minimum absolute atomic E-state index is 0. The van der Waals surface area contributed by atoms with Gasteiger partial charge in [0.25, 0.3) is 0 Å². The third kappa shape index (κ3) is 2.12. The zero-order chi connectivity index (χ0) is 6.69. The van der Waals surface area contributed by atoms with Gasteiger partial charge in [0.05, 0.1) is 17.3 Å². The molecule has 0 bridgehead atoms. The highest BCUT2D eigenvalue weighted by atomic mass is 35.5. The van der Waals surface area contributed by atoms with Crippen molar-refractivity contribution in [3.05, 3.63) is 23.8 Å². The Bertz CT molecular complexity index is 203. The molecule has 0 unspecified atom stereocenters. The Morgan fingerprint density at radius 3 is 2.40 bits per heavy atom. The molecule has 0 aliphatic heterocycles. The van der Waals surface area contributed by atoms with Crippen molar-refractivity contribution >= 4 is 24.0 Å². The SMILES string of the molecule is Cc1nccnc1CCl.Cl. The van der Waals surface area contributed by atoms with Crippen molar-refractivity contribution in [3.8, 4) is 0 Å². The lowest BCUT2D eigenvalue weighted by Gasteiger charge is -1.95. The quantitative estimate of drug-likeness (QED) is 0.615. The van der Waals surface area contributed by atoms with Crippen molar-refractivity contribution in [1.29, 1.82) is 0 Å². The van der Waals surface area contributed by atoms with Gasteiger partial charge < -0.3 is 0 Å². The van der Waals surface area contributed by atoms with E-state index >= 15 is 0 Å². The molecule has 10 heavy (non-hydrogen) atoms. The molecule has 0 radical (unpaired) electrons. The van der Waals surface area contributed by atoms with E-state index < -0.39 is 0 Å². The maximum absolute atomic E-state index is 5.53. The number of aryl methyl sites for hydroxylation is 1. The summed E-state index contributed by atoms with van der Waals surface area (Å²) in [7, 11) is 0. The van der Waals surface area contributed by atoms with Gasteiger partial charge in [-0.2, -0.15) is 0 Å². The molecule has 1 aromatic heterocycles. The highest BCUT2D eigenvalue weighted by Crippen LogP contribution is 2.01. The van der Waals surface area contributed by atoms with Crippen LogP contribution in [0.3, 0.4) is 0 Å². The largest absolute Gasteiger partial charge is 0.258 e. The van der Waals surface area contributed by atoms with Crippen LogP contribution in [0.1, 0.15) is 11.4 Å². The van der Waals surface area contributed by atoms with E-state index in [2.05, 4.69) is 9.97 Å². The van der Waals surface area contributed by atoms with Crippen LogP contribution in [0.2, 0.25) is 0 Å². The topological polar surface area (TPSA) is 25.8 Å². The monoisotopic (exact) mass is 178 g/mol. The first kappa shape index (κ1) is 9.66. The summed E-state index contributed by atoms with van der Waals surface area (Å²) in [4.78, 5) is 8.01. The third-order valence-corrected chi connectivity index (χ3v) is 1.36.